The molecule has 28 heavy (non-hydrogen) atoms. The van der Waals surface area contributed by atoms with E-state index < -0.39 is 11.9 Å². The Balaban J connectivity index is 1.73. The summed E-state index contributed by atoms with van der Waals surface area (Å²) in [7, 11) is 0. The number of hydrogen-bond acceptors (Lipinski definition) is 5. The van der Waals surface area contributed by atoms with E-state index in [-0.39, 0.29) is 0 Å². The number of alkyl halides is 3. The van der Waals surface area contributed by atoms with Gasteiger partial charge in [-0.2, -0.15) is 13.2 Å². The van der Waals surface area contributed by atoms with Crippen molar-refractivity contribution >= 4 is 11.3 Å². The molecule has 0 aliphatic rings. The molecule has 0 N–H and O–H groups in total. The van der Waals surface area contributed by atoms with E-state index in [2.05, 4.69) is 19.9 Å². The lowest BCUT2D eigenvalue weighted by Gasteiger charge is -2.09. The molecule has 0 spiro atoms. The van der Waals surface area contributed by atoms with Crippen LogP contribution in [-0.4, -0.2) is 19.9 Å². The zero-order chi connectivity index (χ0) is 19.7. The Hall–Kier alpha value is -3.13. The highest BCUT2D eigenvalue weighted by molar-refractivity contribution is 7.13. The molecule has 0 unspecified atom stereocenters. The molecule has 4 nitrogen and oxygen atoms in total. The fourth-order valence-corrected chi connectivity index (χ4v) is 3.38. The third-order valence-electron chi connectivity index (χ3n) is 4.00. The second-order valence-electron chi connectivity index (χ2n) is 6.06. The minimum atomic E-state index is -4.47. The number of nitrogens with zero attached hydrogens (tertiary/aromatic N) is 4. The molecule has 0 aromatic carbocycles. The Bertz CT molecular complexity index is 1110. The summed E-state index contributed by atoms with van der Waals surface area (Å²) < 4.78 is 38.2. The predicted octanol–water partition coefficient (Wildman–Crippen LogP) is 5.66. The van der Waals surface area contributed by atoms with Crippen LogP contribution < -0.4 is 0 Å². The number of pyridine rings is 2. The van der Waals surface area contributed by atoms with Gasteiger partial charge in [-0.05, 0) is 48.7 Å². The standard InChI is InChI=1S/C20H13F3N4S/c1-12-9-15(14-4-5-18(25-11-14)20(21,22)23)27-19(26-12)13-6-7-24-16(10-13)17-3-2-8-28-17/h2-11H,1H3. The fraction of sp³-hybridized carbons (Fsp3) is 0.100. The van der Waals surface area contributed by atoms with Crippen LogP contribution in [0.3, 0.4) is 0 Å². The maximum Gasteiger partial charge on any atom is 0.433 e. The summed E-state index contributed by atoms with van der Waals surface area (Å²) in [5.41, 5.74) is 2.37. The second kappa shape index (κ2) is 7.12. The molecule has 0 aliphatic carbocycles. The van der Waals surface area contributed by atoms with Crippen molar-refractivity contribution in [3.05, 3.63) is 71.6 Å². The Kier molecular flexibility index (Phi) is 4.64. The Morgan fingerprint density at radius 2 is 1.75 bits per heavy atom. The highest BCUT2D eigenvalue weighted by Crippen LogP contribution is 2.30. The molecule has 0 fully saturated rings. The monoisotopic (exact) mass is 398 g/mol. The van der Waals surface area contributed by atoms with Crippen molar-refractivity contribution in [3.63, 3.8) is 0 Å². The zero-order valence-corrected chi connectivity index (χ0v) is 15.4. The highest BCUT2D eigenvalue weighted by Gasteiger charge is 2.32. The van der Waals surface area contributed by atoms with Crippen LogP contribution in [0.2, 0.25) is 0 Å². The average Bonchev–Trinajstić information content (AvgIpc) is 3.22. The van der Waals surface area contributed by atoms with Gasteiger partial charge in [-0.25, -0.2) is 9.97 Å². The second-order valence-corrected chi connectivity index (χ2v) is 7.00. The van der Waals surface area contributed by atoms with Gasteiger partial charge in [-0.3, -0.25) is 9.97 Å². The Labute approximate surface area is 162 Å². The van der Waals surface area contributed by atoms with Crippen LogP contribution in [-0.2, 0) is 6.18 Å². The topological polar surface area (TPSA) is 51.6 Å². The van der Waals surface area contributed by atoms with E-state index in [1.165, 1.54) is 12.3 Å². The smallest absolute Gasteiger partial charge is 0.255 e. The first kappa shape index (κ1) is 18.2. The quantitative estimate of drug-likeness (QED) is 0.447. The molecule has 0 aliphatic heterocycles. The molecule has 4 aromatic heterocycles. The van der Waals surface area contributed by atoms with Crippen molar-refractivity contribution in [3.8, 4) is 33.2 Å². The lowest BCUT2D eigenvalue weighted by Crippen LogP contribution is -2.07. The molecule has 0 atom stereocenters. The van der Waals surface area contributed by atoms with Gasteiger partial charge < -0.3 is 0 Å². The highest BCUT2D eigenvalue weighted by atomic mass is 32.1. The van der Waals surface area contributed by atoms with E-state index in [9.17, 15) is 13.2 Å². The number of rotatable bonds is 3. The van der Waals surface area contributed by atoms with Gasteiger partial charge >= 0.3 is 6.18 Å². The van der Waals surface area contributed by atoms with Crippen molar-refractivity contribution in [2.24, 2.45) is 0 Å². The van der Waals surface area contributed by atoms with Crippen LogP contribution in [0.5, 0.6) is 0 Å². The van der Waals surface area contributed by atoms with E-state index >= 15 is 0 Å². The van der Waals surface area contributed by atoms with Crippen LogP contribution in [0.4, 0.5) is 13.2 Å². The van der Waals surface area contributed by atoms with Gasteiger partial charge in [-0.15, -0.1) is 11.3 Å². The van der Waals surface area contributed by atoms with Crippen molar-refractivity contribution in [2.45, 2.75) is 13.1 Å². The molecule has 0 amide bonds. The van der Waals surface area contributed by atoms with Gasteiger partial charge in [0, 0.05) is 29.2 Å². The minimum absolute atomic E-state index is 0.482. The van der Waals surface area contributed by atoms with Crippen molar-refractivity contribution in [1.82, 2.24) is 19.9 Å². The van der Waals surface area contributed by atoms with Gasteiger partial charge in [0.1, 0.15) is 5.69 Å². The first-order valence-corrected chi connectivity index (χ1v) is 9.18. The van der Waals surface area contributed by atoms with Gasteiger partial charge in [-0.1, -0.05) is 6.07 Å². The van der Waals surface area contributed by atoms with E-state index in [0.29, 0.717) is 22.8 Å². The van der Waals surface area contributed by atoms with Gasteiger partial charge in [0.25, 0.3) is 0 Å². The van der Waals surface area contributed by atoms with E-state index in [0.717, 1.165) is 22.2 Å². The third-order valence-corrected chi connectivity index (χ3v) is 4.89. The summed E-state index contributed by atoms with van der Waals surface area (Å²) in [6.45, 7) is 1.81. The lowest BCUT2D eigenvalue weighted by atomic mass is 10.1. The molecule has 0 saturated heterocycles. The zero-order valence-electron chi connectivity index (χ0n) is 14.6. The van der Waals surface area contributed by atoms with Crippen LogP contribution in [0.1, 0.15) is 11.4 Å². The summed E-state index contributed by atoms with van der Waals surface area (Å²) in [5, 5.41) is 1.97. The molecular weight excluding hydrogens is 385 g/mol. The predicted molar refractivity (Wildman–Crippen MR) is 102 cm³/mol. The molecule has 4 rings (SSSR count). The molecule has 0 bridgehead atoms. The van der Waals surface area contributed by atoms with E-state index in [4.69, 9.17) is 0 Å². The lowest BCUT2D eigenvalue weighted by molar-refractivity contribution is -0.141. The van der Waals surface area contributed by atoms with Crippen molar-refractivity contribution < 1.29 is 13.2 Å². The third kappa shape index (κ3) is 3.77. The first-order valence-electron chi connectivity index (χ1n) is 8.30. The van der Waals surface area contributed by atoms with Crippen molar-refractivity contribution in [2.75, 3.05) is 0 Å². The number of halogens is 3. The largest absolute Gasteiger partial charge is 0.433 e. The number of thiophene rings is 1. The number of hydrogen-bond donors (Lipinski definition) is 0. The van der Waals surface area contributed by atoms with Crippen LogP contribution in [0, 0.1) is 6.92 Å². The summed E-state index contributed by atoms with van der Waals surface area (Å²) in [6.07, 6.45) is -1.60. The molecular formula is C20H13F3N4S. The van der Waals surface area contributed by atoms with Gasteiger partial charge in [0.2, 0.25) is 0 Å². The maximum absolute atomic E-state index is 12.7. The van der Waals surface area contributed by atoms with E-state index in [1.807, 2.05) is 30.5 Å². The Morgan fingerprint density at radius 3 is 2.43 bits per heavy atom. The average molecular weight is 398 g/mol. The number of aromatic nitrogens is 4. The summed E-state index contributed by atoms with van der Waals surface area (Å²) in [4.78, 5) is 17.9. The molecule has 0 saturated carbocycles. The van der Waals surface area contributed by atoms with Crippen LogP contribution in [0.15, 0.2) is 60.2 Å². The van der Waals surface area contributed by atoms with Gasteiger partial charge in [0.15, 0.2) is 5.82 Å². The Morgan fingerprint density at radius 1 is 0.893 bits per heavy atom. The molecule has 8 heteroatoms. The minimum Gasteiger partial charge on any atom is -0.255 e. The van der Waals surface area contributed by atoms with E-state index in [1.54, 1.807) is 29.7 Å². The van der Waals surface area contributed by atoms with Crippen LogP contribution >= 0.6 is 11.3 Å². The summed E-state index contributed by atoms with van der Waals surface area (Å²) >= 11 is 1.58. The van der Waals surface area contributed by atoms with Gasteiger partial charge in [0.05, 0.1) is 16.3 Å². The summed E-state index contributed by atoms with van der Waals surface area (Å²) in [6, 6.07) is 11.7. The van der Waals surface area contributed by atoms with Crippen molar-refractivity contribution in [1.29, 1.82) is 0 Å². The molecule has 4 heterocycles. The maximum atomic E-state index is 12.7. The first-order chi connectivity index (χ1) is 13.4. The van der Waals surface area contributed by atoms with Crippen LogP contribution in [0.25, 0.3) is 33.2 Å². The number of aryl methyl sites for hydroxylation is 1. The SMILES string of the molecule is Cc1cc(-c2ccc(C(F)(F)F)nc2)nc(-c2ccnc(-c3cccs3)c2)n1. The summed E-state index contributed by atoms with van der Waals surface area (Å²) in [5.74, 6) is 0.482. The molecule has 0 radical (unpaired) electrons. The fourth-order valence-electron chi connectivity index (χ4n) is 2.69. The normalized spacial score (nSPS) is 11.6. The molecule has 140 valence electrons. The molecule has 4 aromatic rings.